The van der Waals surface area contributed by atoms with Crippen molar-refractivity contribution >= 4 is 11.4 Å². The van der Waals surface area contributed by atoms with Crippen LogP contribution in [0.5, 0.6) is 0 Å². The van der Waals surface area contributed by atoms with E-state index < -0.39 is 0 Å². The Kier molecular flexibility index (Phi) is 5.12. The molecule has 0 bridgehead atoms. The van der Waals surface area contributed by atoms with Gasteiger partial charge in [-0.15, -0.1) is 0 Å². The van der Waals surface area contributed by atoms with Gasteiger partial charge in [0.25, 0.3) is 0 Å². The zero-order valence-corrected chi connectivity index (χ0v) is 12.7. The summed E-state index contributed by atoms with van der Waals surface area (Å²) in [6.07, 6.45) is 8.56. The first kappa shape index (κ1) is 14.2. The van der Waals surface area contributed by atoms with Gasteiger partial charge in [0.1, 0.15) is 0 Å². The molecule has 2 nitrogen and oxygen atoms in total. The van der Waals surface area contributed by atoms with Crippen LogP contribution in [0.25, 0.3) is 0 Å². The highest BCUT2D eigenvalue weighted by molar-refractivity contribution is 5.59. The minimum absolute atomic E-state index is 0.961. The number of aryl methyl sites for hydroxylation is 1. The van der Waals surface area contributed by atoms with E-state index in [4.69, 9.17) is 0 Å². The van der Waals surface area contributed by atoms with E-state index in [0.717, 1.165) is 12.5 Å². The molecule has 1 saturated carbocycles. The highest BCUT2D eigenvalue weighted by Crippen LogP contribution is 2.27. The fourth-order valence-corrected chi connectivity index (χ4v) is 3.01. The first-order valence-electron chi connectivity index (χ1n) is 7.68. The second kappa shape index (κ2) is 6.83. The van der Waals surface area contributed by atoms with Crippen molar-refractivity contribution in [1.29, 1.82) is 0 Å². The first-order valence-corrected chi connectivity index (χ1v) is 7.68. The van der Waals surface area contributed by atoms with E-state index in [1.54, 1.807) is 0 Å². The summed E-state index contributed by atoms with van der Waals surface area (Å²) in [4.78, 5) is 2.15. The average Bonchev–Trinajstić information content (AvgIpc) is 2.41. The maximum absolute atomic E-state index is 3.61. The van der Waals surface area contributed by atoms with Crippen molar-refractivity contribution in [3.63, 3.8) is 0 Å². The molecule has 0 amide bonds. The average molecular weight is 260 g/mol. The summed E-state index contributed by atoms with van der Waals surface area (Å²) in [6.45, 7) is 3.31. The first-order chi connectivity index (χ1) is 9.16. The summed E-state index contributed by atoms with van der Waals surface area (Å²) in [5.74, 6) is 0.961. The number of rotatable bonds is 5. The Bertz CT molecular complexity index is 392. The highest BCUT2D eigenvalue weighted by atomic mass is 15.1. The molecule has 2 heteroatoms. The van der Waals surface area contributed by atoms with E-state index in [1.165, 1.54) is 55.5 Å². The smallest absolute Gasteiger partial charge is 0.0371 e. The molecule has 1 aromatic rings. The molecule has 1 aliphatic carbocycles. The zero-order chi connectivity index (χ0) is 13.7. The number of anilines is 2. The van der Waals surface area contributed by atoms with Crippen molar-refractivity contribution in [1.82, 2.24) is 0 Å². The predicted molar refractivity (Wildman–Crippen MR) is 85.2 cm³/mol. The van der Waals surface area contributed by atoms with Crippen LogP contribution in [0.15, 0.2) is 18.2 Å². The quantitative estimate of drug-likeness (QED) is 0.841. The molecular weight excluding hydrogens is 232 g/mol. The number of nitrogens with zero attached hydrogens (tertiary/aromatic N) is 1. The van der Waals surface area contributed by atoms with E-state index in [-0.39, 0.29) is 0 Å². The number of hydrogen-bond donors (Lipinski definition) is 1. The fourth-order valence-electron chi connectivity index (χ4n) is 3.01. The van der Waals surface area contributed by atoms with Crippen LogP contribution in [-0.4, -0.2) is 20.6 Å². The van der Waals surface area contributed by atoms with Gasteiger partial charge in [-0.1, -0.05) is 32.1 Å². The Labute approximate surface area is 118 Å². The second-order valence-corrected chi connectivity index (χ2v) is 6.11. The van der Waals surface area contributed by atoms with Crippen molar-refractivity contribution in [2.24, 2.45) is 5.92 Å². The van der Waals surface area contributed by atoms with Gasteiger partial charge in [0, 0.05) is 32.0 Å². The van der Waals surface area contributed by atoms with Gasteiger partial charge in [-0.05, 0) is 43.0 Å². The molecule has 0 spiro atoms. The Morgan fingerprint density at radius 1 is 1.16 bits per heavy atom. The summed E-state index contributed by atoms with van der Waals surface area (Å²) < 4.78 is 0. The minimum atomic E-state index is 0.961. The predicted octanol–water partition coefficient (Wildman–Crippen LogP) is 4.44. The van der Waals surface area contributed by atoms with Crippen LogP contribution in [0.4, 0.5) is 11.4 Å². The topological polar surface area (TPSA) is 15.3 Å². The zero-order valence-electron chi connectivity index (χ0n) is 12.7. The van der Waals surface area contributed by atoms with Crippen LogP contribution in [0, 0.1) is 12.8 Å². The normalized spacial score (nSPS) is 16.4. The SMILES string of the molecule is Cc1cc(N(C)C)ccc1NCCC1CCCCC1. The van der Waals surface area contributed by atoms with Gasteiger partial charge in [-0.3, -0.25) is 0 Å². The van der Waals surface area contributed by atoms with Gasteiger partial charge in [-0.25, -0.2) is 0 Å². The van der Waals surface area contributed by atoms with E-state index in [0.29, 0.717) is 0 Å². The molecule has 1 aliphatic rings. The second-order valence-electron chi connectivity index (χ2n) is 6.11. The number of hydrogen-bond acceptors (Lipinski definition) is 2. The van der Waals surface area contributed by atoms with Crippen molar-refractivity contribution in [2.75, 3.05) is 30.9 Å². The lowest BCUT2D eigenvalue weighted by molar-refractivity contribution is 0.345. The summed E-state index contributed by atoms with van der Waals surface area (Å²) in [6, 6.07) is 6.66. The Balaban J connectivity index is 1.82. The van der Waals surface area contributed by atoms with Crippen molar-refractivity contribution in [2.45, 2.75) is 45.4 Å². The van der Waals surface area contributed by atoms with Gasteiger partial charge in [0.15, 0.2) is 0 Å². The highest BCUT2D eigenvalue weighted by Gasteiger charge is 2.12. The van der Waals surface area contributed by atoms with Crippen LogP contribution < -0.4 is 10.2 Å². The van der Waals surface area contributed by atoms with Crippen LogP contribution >= 0.6 is 0 Å². The Morgan fingerprint density at radius 3 is 2.53 bits per heavy atom. The molecule has 0 heterocycles. The summed E-state index contributed by atoms with van der Waals surface area (Å²) >= 11 is 0. The molecule has 0 unspecified atom stereocenters. The summed E-state index contributed by atoms with van der Waals surface area (Å²) in [5, 5.41) is 3.61. The van der Waals surface area contributed by atoms with Crippen LogP contribution in [0.2, 0.25) is 0 Å². The van der Waals surface area contributed by atoms with Gasteiger partial charge >= 0.3 is 0 Å². The maximum atomic E-state index is 3.61. The number of nitrogens with one attached hydrogen (secondary N) is 1. The molecule has 0 saturated heterocycles. The molecule has 106 valence electrons. The van der Waals surface area contributed by atoms with Crippen LogP contribution in [0.1, 0.15) is 44.1 Å². The molecule has 1 N–H and O–H groups in total. The monoisotopic (exact) mass is 260 g/mol. The van der Waals surface area contributed by atoms with E-state index in [1.807, 2.05) is 0 Å². The summed E-state index contributed by atoms with van der Waals surface area (Å²) in [5.41, 5.74) is 3.91. The third-order valence-electron chi connectivity index (χ3n) is 4.32. The van der Waals surface area contributed by atoms with Gasteiger partial charge < -0.3 is 10.2 Å². The lowest BCUT2D eigenvalue weighted by atomic mass is 9.87. The summed E-state index contributed by atoms with van der Waals surface area (Å²) in [7, 11) is 4.18. The minimum Gasteiger partial charge on any atom is -0.385 e. The Hall–Kier alpha value is -1.18. The third kappa shape index (κ3) is 4.15. The Morgan fingerprint density at radius 2 is 1.89 bits per heavy atom. The molecule has 0 radical (unpaired) electrons. The molecule has 0 aromatic heterocycles. The van der Waals surface area contributed by atoms with Crippen LogP contribution in [-0.2, 0) is 0 Å². The standard InChI is InChI=1S/C17H28N2/c1-14-13-16(19(2)3)9-10-17(14)18-12-11-15-7-5-4-6-8-15/h9-10,13,15,18H,4-8,11-12H2,1-3H3. The molecule has 2 rings (SSSR count). The van der Waals surface area contributed by atoms with Gasteiger partial charge in [0.2, 0.25) is 0 Å². The third-order valence-corrected chi connectivity index (χ3v) is 4.32. The van der Waals surface area contributed by atoms with E-state index in [2.05, 4.69) is 49.4 Å². The van der Waals surface area contributed by atoms with Crippen molar-refractivity contribution < 1.29 is 0 Å². The maximum Gasteiger partial charge on any atom is 0.0371 e. The van der Waals surface area contributed by atoms with E-state index >= 15 is 0 Å². The van der Waals surface area contributed by atoms with E-state index in [9.17, 15) is 0 Å². The molecule has 1 aromatic carbocycles. The largest absolute Gasteiger partial charge is 0.385 e. The van der Waals surface area contributed by atoms with Crippen LogP contribution in [0.3, 0.4) is 0 Å². The van der Waals surface area contributed by atoms with Gasteiger partial charge in [-0.2, -0.15) is 0 Å². The molecule has 1 fully saturated rings. The fraction of sp³-hybridized carbons (Fsp3) is 0.647. The van der Waals surface area contributed by atoms with Crippen molar-refractivity contribution in [3.05, 3.63) is 23.8 Å². The molecule has 0 atom stereocenters. The molecule has 19 heavy (non-hydrogen) atoms. The molecule has 0 aliphatic heterocycles. The molecular formula is C17H28N2. The lowest BCUT2D eigenvalue weighted by Crippen LogP contribution is -2.13. The number of benzene rings is 1. The van der Waals surface area contributed by atoms with Crippen molar-refractivity contribution in [3.8, 4) is 0 Å². The van der Waals surface area contributed by atoms with Gasteiger partial charge in [0.05, 0.1) is 0 Å². The lowest BCUT2D eigenvalue weighted by Gasteiger charge is -2.22.